The Kier molecular flexibility index (Phi) is 4.83. The van der Waals surface area contributed by atoms with Crippen molar-refractivity contribution in [2.45, 2.75) is 52.6 Å². The lowest BCUT2D eigenvalue weighted by Gasteiger charge is -2.10. The number of thiazole rings is 1. The maximum absolute atomic E-state index is 12.5. The SMILES string of the molecule is Cc1ccc(CC(=O)OCc2cc(=O)n3c4c(sc3n2)CCCC4)cc1C. The molecule has 0 fully saturated rings. The summed E-state index contributed by atoms with van der Waals surface area (Å²) in [6, 6.07) is 7.44. The predicted molar refractivity (Wildman–Crippen MR) is 105 cm³/mol. The number of aromatic nitrogens is 2. The Morgan fingerprint density at radius 1 is 1.19 bits per heavy atom. The van der Waals surface area contributed by atoms with Gasteiger partial charge >= 0.3 is 5.97 Å². The number of hydrogen-bond acceptors (Lipinski definition) is 5. The molecule has 0 saturated heterocycles. The number of carbonyl (C=O) groups excluding carboxylic acids is 1. The van der Waals surface area contributed by atoms with E-state index in [0.717, 1.165) is 42.5 Å². The molecule has 0 radical (unpaired) electrons. The second-order valence-corrected chi connectivity index (χ2v) is 8.20. The van der Waals surface area contributed by atoms with E-state index in [1.807, 2.05) is 32.0 Å². The maximum Gasteiger partial charge on any atom is 0.310 e. The van der Waals surface area contributed by atoms with Crippen LogP contribution in [0.3, 0.4) is 0 Å². The van der Waals surface area contributed by atoms with Crippen molar-refractivity contribution in [3.63, 3.8) is 0 Å². The highest BCUT2D eigenvalue weighted by Crippen LogP contribution is 2.28. The zero-order valence-corrected chi connectivity index (χ0v) is 16.4. The van der Waals surface area contributed by atoms with Gasteiger partial charge < -0.3 is 4.74 Å². The highest BCUT2D eigenvalue weighted by molar-refractivity contribution is 7.17. The Hall–Kier alpha value is -2.47. The Morgan fingerprint density at radius 2 is 2.00 bits per heavy atom. The first-order chi connectivity index (χ1) is 13.0. The number of nitrogens with zero attached hydrogens (tertiary/aromatic N) is 2. The molecule has 0 atom stereocenters. The van der Waals surface area contributed by atoms with Gasteiger partial charge in [0.2, 0.25) is 0 Å². The maximum atomic E-state index is 12.5. The van der Waals surface area contributed by atoms with Crippen LogP contribution in [0.5, 0.6) is 0 Å². The highest BCUT2D eigenvalue weighted by Gasteiger charge is 2.18. The third kappa shape index (κ3) is 3.67. The summed E-state index contributed by atoms with van der Waals surface area (Å²) in [5, 5.41) is 0. The highest BCUT2D eigenvalue weighted by atomic mass is 32.1. The first-order valence-corrected chi connectivity index (χ1v) is 10.1. The second kappa shape index (κ2) is 7.27. The van der Waals surface area contributed by atoms with Crippen LogP contribution in [0.25, 0.3) is 4.96 Å². The fraction of sp³-hybridized carbons (Fsp3) is 0.381. The summed E-state index contributed by atoms with van der Waals surface area (Å²) in [6.07, 6.45) is 4.45. The number of ether oxygens (including phenoxy) is 1. The van der Waals surface area contributed by atoms with Gasteiger partial charge in [0, 0.05) is 16.6 Å². The molecule has 0 saturated carbocycles. The molecule has 0 amide bonds. The van der Waals surface area contributed by atoms with Crippen LogP contribution in [0.4, 0.5) is 0 Å². The van der Waals surface area contributed by atoms with Gasteiger partial charge in [0.15, 0.2) is 4.96 Å². The van der Waals surface area contributed by atoms with Crippen LogP contribution in [0.1, 0.15) is 45.8 Å². The zero-order chi connectivity index (χ0) is 19.0. The van der Waals surface area contributed by atoms with Crippen molar-refractivity contribution < 1.29 is 9.53 Å². The number of benzene rings is 1. The van der Waals surface area contributed by atoms with E-state index < -0.39 is 0 Å². The van der Waals surface area contributed by atoms with Crippen LogP contribution >= 0.6 is 11.3 Å². The van der Waals surface area contributed by atoms with Crippen molar-refractivity contribution >= 4 is 22.3 Å². The Labute approximate surface area is 161 Å². The van der Waals surface area contributed by atoms with E-state index in [1.165, 1.54) is 16.5 Å². The lowest BCUT2D eigenvalue weighted by molar-refractivity contribution is -0.144. The van der Waals surface area contributed by atoms with Crippen LogP contribution in [0.15, 0.2) is 29.1 Å². The van der Waals surface area contributed by atoms with Crippen LogP contribution < -0.4 is 5.56 Å². The van der Waals surface area contributed by atoms with Gasteiger partial charge in [0.05, 0.1) is 12.1 Å². The van der Waals surface area contributed by atoms with Crippen molar-refractivity contribution in [1.82, 2.24) is 9.38 Å². The first-order valence-electron chi connectivity index (χ1n) is 9.26. The van der Waals surface area contributed by atoms with Gasteiger partial charge in [-0.25, -0.2) is 4.98 Å². The molecular weight excluding hydrogens is 360 g/mol. The van der Waals surface area contributed by atoms with Gasteiger partial charge in [0.25, 0.3) is 5.56 Å². The average molecular weight is 382 g/mol. The van der Waals surface area contributed by atoms with E-state index in [4.69, 9.17) is 4.74 Å². The predicted octanol–water partition coefficient (Wildman–Crippen LogP) is 3.54. The molecular formula is C21H22N2O3S. The molecule has 0 spiro atoms. The molecule has 2 heterocycles. The summed E-state index contributed by atoms with van der Waals surface area (Å²) in [4.78, 5) is 31.2. The largest absolute Gasteiger partial charge is 0.459 e. The van der Waals surface area contributed by atoms with Crippen molar-refractivity contribution in [2.75, 3.05) is 0 Å². The zero-order valence-electron chi connectivity index (χ0n) is 15.6. The average Bonchev–Trinajstić information content (AvgIpc) is 3.02. The summed E-state index contributed by atoms with van der Waals surface area (Å²) in [7, 11) is 0. The topological polar surface area (TPSA) is 60.7 Å². The minimum Gasteiger partial charge on any atom is -0.459 e. The fourth-order valence-electron chi connectivity index (χ4n) is 3.50. The standard InChI is InChI=1S/C21H22N2O3S/c1-13-7-8-15(9-14(13)2)10-20(25)26-12-16-11-19(24)23-17-5-3-4-6-18(17)27-21(23)22-16/h7-9,11H,3-6,10,12H2,1-2H3. The number of aryl methyl sites for hydroxylation is 4. The third-order valence-corrected chi connectivity index (χ3v) is 6.26. The Balaban J connectivity index is 1.48. The number of carbonyl (C=O) groups is 1. The molecule has 6 heteroatoms. The van der Waals surface area contributed by atoms with Crippen molar-refractivity contribution in [3.8, 4) is 0 Å². The summed E-state index contributed by atoms with van der Waals surface area (Å²) in [5.41, 5.74) is 4.81. The number of esters is 1. The van der Waals surface area contributed by atoms with E-state index in [-0.39, 0.29) is 24.6 Å². The molecule has 0 unspecified atom stereocenters. The molecule has 1 aromatic carbocycles. The van der Waals surface area contributed by atoms with Gasteiger partial charge in [-0.15, -0.1) is 11.3 Å². The summed E-state index contributed by atoms with van der Waals surface area (Å²) < 4.78 is 7.08. The summed E-state index contributed by atoms with van der Waals surface area (Å²) in [6.45, 7) is 4.09. The smallest absolute Gasteiger partial charge is 0.310 e. The van der Waals surface area contributed by atoms with E-state index in [1.54, 1.807) is 15.7 Å². The molecule has 5 nitrogen and oxygen atoms in total. The molecule has 3 aromatic rings. The van der Waals surface area contributed by atoms with E-state index >= 15 is 0 Å². The van der Waals surface area contributed by atoms with Crippen LogP contribution in [-0.4, -0.2) is 15.4 Å². The van der Waals surface area contributed by atoms with Gasteiger partial charge in [-0.1, -0.05) is 18.2 Å². The molecule has 1 aliphatic rings. The molecule has 2 aromatic heterocycles. The summed E-state index contributed by atoms with van der Waals surface area (Å²) >= 11 is 1.58. The number of fused-ring (bicyclic) bond motifs is 3. The van der Waals surface area contributed by atoms with Crippen molar-refractivity contribution in [1.29, 1.82) is 0 Å². The van der Waals surface area contributed by atoms with E-state index in [9.17, 15) is 9.59 Å². The van der Waals surface area contributed by atoms with Gasteiger partial charge in [-0.05, 0) is 56.2 Å². The Morgan fingerprint density at radius 3 is 2.81 bits per heavy atom. The normalized spacial score (nSPS) is 13.6. The molecule has 0 N–H and O–H groups in total. The minimum atomic E-state index is -0.314. The lowest BCUT2D eigenvalue weighted by atomic mass is 10.0. The van der Waals surface area contributed by atoms with Crippen LogP contribution in [0.2, 0.25) is 0 Å². The molecule has 27 heavy (non-hydrogen) atoms. The quantitative estimate of drug-likeness (QED) is 0.648. The third-order valence-electron chi connectivity index (χ3n) is 5.12. The number of hydrogen-bond donors (Lipinski definition) is 0. The summed E-state index contributed by atoms with van der Waals surface area (Å²) in [5.74, 6) is -0.314. The molecule has 4 rings (SSSR count). The van der Waals surface area contributed by atoms with Gasteiger partial charge in [-0.2, -0.15) is 0 Å². The van der Waals surface area contributed by atoms with E-state index in [0.29, 0.717) is 10.7 Å². The lowest BCUT2D eigenvalue weighted by Crippen LogP contribution is -2.19. The minimum absolute atomic E-state index is 0.0258. The fourth-order valence-corrected chi connectivity index (χ4v) is 4.73. The second-order valence-electron chi connectivity index (χ2n) is 7.14. The van der Waals surface area contributed by atoms with Crippen molar-refractivity contribution in [3.05, 3.63) is 67.6 Å². The molecule has 1 aliphatic carbocycles. The van der Waals surface area contributed by atoms with Crippen LogP contribution in [0, 0.1) is 13.8 Å². The van der Waals surface area contributed by atoms with Crippen LogP contribution in [-0.2, 0) is 35.4 Å². The molecule has 0 aliphatic heterocycles. The molecule has 140 valence electrons. The first kappa shape index (κ1) is 17.9. The van der Waals surface area contributed by atoms with Crippen molar-refractivity contribution in [2.24, 2.45) is 0 Å². The van der Waals surface area contributed by atoms with E-state index in [2.05, 4.69) is 4.98 Å². The monoisotopic (exact) mass is 382 g/mol. The van der Waals surface area contributed by atoms with Gasteiger partial charge in [0.1, 0.15) is 6.61 Å². The van der Waals surface area contributed by atoms with Gasteiger partial charge in [-0.3, -0.25) is 14.0 Å². The molecule has 0 bridgehead atoms. The number of rotatable bonds is 4. The Bertz CT molecular complexity index is 1080.